The molecule has 0 radical (unpaired) electrons. The van der Waals surface area contributed by atoms with Gasteiger partial charge in [-0.15, -0.1) is 0 Å². The molecule has 3 nitrogen and oxygen atoms in total. The second kappa shape index (κ2) is 6.65. The number of fused-ring (bicyclic) bond motifs is 2. The first-order chi connectivity index (χ1) is 14.3. The van der Waals surface area contributed by atoms with Gasteiger partial charge in [-0.05, 0) is 54.9 Å². The van der Waals surface area contributed by atoms with Crippen molar-refractivity contribution in [3.63, 3.8) is 0 Å². The van der Waals surface area contributed by atoms with Gasteiger partial charge in [0.2, 0.25) is 0 Å². The van der Waals surface area contributed by atoms with Crippen LogP contribution in [0.1, 0.15) is 47.9 Å². The lowest BCUT2D eigenvalue weighted by molar-refractivity contribution is -0.0415. The third-order valence-electron chi connectivity index (χ3n) is 7.06. The maximum Gasteiger partial charge on any atom is 0.251 e. The maximum atomic E-state index is 14.6. The first-order valence-electron chi connectivity index (χ1n) is 10.1. The van der Waals surface area contributed by atoms with Crippen LogP contribution in [0.4, 0.5) is 17.6 Å². The topological polar surface area (TPSA) is 45.8 Å². The summed E-state index contributed by atoms with van der Waals surface area (Å²) in [5, 5.41) is 0.422. The fourth-order valence-electron chi connectivity index (χ4n) is 5.66. The summed E-state index contributed by atoms with van der Waals surface area (Å²) in [6, 6.07) is 5.68. The standard InChI is InChI=1S/C23H20F4N2O/c1-11-12(2-3-17(24)22(11)25)21-13-4-6-23(26,27)16(13)8-14(21)19-9-20(30)15-10-28-7-5-18(15)29-19/h2-3,5,7,9-10,13-14,16,21H,4,6,8H2,1H3,(H,29,30)/t13-,14+,16-,21-/m1/s1. The zero-order valence-electron chi connectivity index (χ0n) is 16.3. The van der Waals surface area contributed by atoms with Crippen molar-refractivity contribution in [2.24, 2.45) is 11.8 Å². The fourth-order valence-corrected chi connectivity index (χ4v) is 5.66. The Balaban J connectivity index is 1.68. The van der Waals surface area contributed by atoms with Gasteiger partial charge >= 0.3 is 0 Å². The first kappa shape index (κ1) is 19.3. The van der Waals surface area contributed by atoms with Crippen LogP contribution in [-0.2, 0) is 0 Å². The Bertz CT molecular complexity index is 1210. The number of aromatic nitrogens is 2. The summed E-state index contributed by atoms with van der Waals surface area (Å²) >= 11 is 0. The van der Waals surface area contributed by atoms with E-state index in [-0.39, 0.29) is 29.8 Å². The number of aromatic amines is 1. The molecule has 0 bridgehead atoms. The van der Waals surface area contributed by atoms with Crippen molar-refractivity contribution in [1.82, 2.24) is 9.97 Å². The molecule has 1 aromatic carbocycles. The molecule has 2 saturated carbocycles. The molecular formula is C23H20F4N2O. The van der Waals surface area contributed by atoms with E-state index in [0.717, 1.165) is 6.07 Å². The van der Waals surface area contributed by atoms with Crippen LogP contribution in [0.15, 0.2) is 41.5 Å². The summed E-state index contributed by atoms with van der Waals surface area (Å²) in [6.07, 6.45) is 3.32. The number of hydrogen-bond donors (Lipinski definition) is 1. The molecule has 2 fully saturated rings. The summed E-state index contributed by atoms with van der Waals surface area (Å²) in [4.78, 5) is 19.8. The smallest absolute Gasteiger partial charge is 0.251 e. The number of alkyl halides is 2. The summed E-state index contributed by atoms with van der Waals surface area (Å²) in [7, 11) is 0. The zero-order chi connectivity index (χ0) is 21.2. The van der Waals surface area contributed by atoms with Crippen LogP contribution >= 0.6 is 0 Å². The van der Waals surface area contributed by atoms with Crippen molar-refractivity contribution in [3.8, 4) is 0 Å². The van der Waals surface area contributed by atoms with E-state index in [1.54, 1.807) is 12.3 Å². The predicted molar refractivity (Wildman–Crippen MR) is 105 cm³/mol. The molecule has 0 amide bonds. The average Bonchev–Trinajstić information content (AvgIpc) is 3.24. The van der Waals surface area contributed by atoms with Crippen LogP contribution in [0.25, 0.3) is 10.9 Å². The van der Waals surface area contributed by atoms with Crippen LogP contribution < -0.4 is 5.43 Å². The highest BCUT2D eigenvalue weighted by molar-refractivity contribution is 5.77. The Hall–Kier alpha value is -2.70. The van der Waals surface area contributed by atoms with Crippen molar-refractivity contribution < 1.29 is 17.6 Å². The van der Waals surface area contributed by atoms with Crippen LogP contribution in [0.2, 0.25) is 0 Å². The second-order valence-corrected chi connectivity index (χ2v) is 8.52. The van der Waals surface area contributed by atoms with Gasteiger partial charge in [-0.2, -0.15) is 0 Å². The Morgan fingerprint density at radius 2 is 2.00 bits per heavy atom. The third kappa shape index (κ3) is 2.78. The highest BCUT2D eigenvalue weighted by Gasteiger charge is 2.59. The van der Waals surface area contributed by atoms with Gasteiger partial charge in [-0.1, -0.05) is 6.07 Å². The average molecular weight is 416 g/mol. The first-order valence-corrected chi connectivity index (χ1v) is 10.1. The molecule has 2 aliphatic rings. The Labute approximate surface area is 170 Å². The fraction of sp³-hybridized carbons (Fsp3) is 0.391. The van der Waals surface area contributed by atoms with Crippen molar-refractivity contribution >= 4 is 10.9 Å². The lowest BCUT2D eigenvalue weighted by Gasteiger charge is -2.26. The molecule has 3 aromatic rings. The van der Waals surface area contributed by atoms with E-state index in [4.69, 9.17) is 0 Å². The molecule has 30 heavy (non-hydrogen) atoms. The molecule has 2 heterocycles. The molecular weight excluding hydrogens is 396 g/mol. The molecule has 2 aromatic heterocycles. The molecule has 0 aliphatic heterocycles. The highest BCUT2D eigenvalue weighted by atomic mass is 19.3. The van der Waals surface area contributed by atoms with E-state index in [0.29, 0.717) is 28.6 Å². The number of H-pyrrole nitrogens is 1. The van der Waals surface area contributed by atoms with Crippen molar-refractivity contribution in [2.75, 3.05) is 0 Å². The van der Waals surface area contributed by atoms with Crippen molar-refractivity contribution in [1.29, 1.82) is 0 Å². The van der Waals surface area contributed by atoms with Gasteiger partial charge in [0.15, 0.2) is 17.1 Å². The van der Waals surface area contributed by atoms with Crippen LogP contribution in [0.5, 0.6) is 0 Å². The normalized spacial score (nSPS) is 27.5. The van der Waals surface area contributed by atoms with E-state index in [2.05, 4.69) is 9.97 Å². The Morgan fingerprint density at radius 1 is 1.20 bits per heavy atom. The lowest BCUT2D eigenvalue weighted by Crippen LogP contribution is -2.23. The minimum Gasteiger partial charge on any atom is -0.358 e. The molecule has 156 valence electrons. The second-order valence-electron chi connectivity index (χ2n) is 8.52. The SMILES string of the molecule is Cc1c([C@@H]2[C@@H]3CCC(F)(F)[C@@H]3C[C@H]2c2cc(=O)c3cnccc3[nH]2)ccc(F)c1F. The molecule has 4 atom stereocenters. The largest absolute Gasteiger partial charge is 0.358 e. The number of nitrogens with zero attached hydrogens (tertiary/aromatic N) is 1. The molecule has 0 spiro atoms. The minimum atomic E-state index is -2.80. The van der Waals surface area contributed by atoms with Crippen molar-refractivity contribution in [3.05, 3.63) is 75.3 Å². The summed E-state index contributed by atoms with van der Waals surface area (Å²) in [6.45, 7) is 1.49. The number of pyridine rings is 2. The summed E-state index contributed by atoms with van der Waals surface area (Å²) in [5.74, 6) is -6.75. The van der Waals surface area contributed by atoms with Gasteiger partial charge in [0, 0.05) is 42.4 Å². The molecule has 5 rings (SSSR count). The van der Waals surface area contributed by atoms with E-state index in [9.17, 15) is 22.4 Å². The third-order valence-corrected chi connectivity index (χ3v) is 7.06. The number of nitrogens with one attached hydrogen (secondary N) is 1. The molecule has 1 N–H and O–H groups in total. The molecule has 2 aliphatic carbocycles. The number of benzene rings is 1. The van der Waals surface area contributed by atoms with Gasteiger partial charge < -0.3 is 4.98 Å². The number of rotatable bonds is 2. The molecule has 0 unspecified atom stereocenters. The van der Waals surface area contributed by atoms with Crippen LogP contribution in [-0.4, -0.2) is 15.9 Å². The van der Waals surface area contributed by atoms with Crippen LogP contribution in [0.3, 0.4) is 0 Å². The van der Waals surface area contributed by atoms with Gasteiger partial charge in [-0.25, -0.2) is 17.6 Å². The predicted octanol–water partition coefficient (Wildman–Crippen LogP) is 5.44. The molecule has 0 saturated heterocycles. The Kier molecular flexibility index (Phi) is 4.27. The quantitative estimate of drug-likeness (QED) is 0.566. The van der Waals surface area contributed by atoms with Crippen molar-refractivity contribution in [2.45, 2.75) is 43.9 Å². The Morgan fingerprint density at radius 3 is 2.80 bits per heavy atom. The van der Waals surface area contributed by atoms with Gasteiger partial charge in [-0.3, -0.25) is 9.78 Å². The number of halogens is 4. The summed E-state index contributed by atoms with van der Waals surface area (Å²) < 4.78 is 57.4. The number of hydrogen-bond acceptors (Lipinski definition) is 2. The van der Waals surface area contributed by atoms with Gasteiger partial charge in [0.25, 0.3) is 5.92 Å². The van der Waals surface area contributed by atoms with E-state index in [1.165, 1.54) is 25.3 Å². The van der Waals surface area contributed by atoms with E-state index < -0.39 is 35.3 Å². The minimum absolute atomic E-state index is 0.146. The highest BCUT2D eigenvalue weighted by Crippen LogP contribution is 2.63. The van der Waals surface area contributed by atoms with E-state index >= 15 is 0 Å². The monoisotopic (exact) mass is 416 g/mol. The summed E-state index contributed by atoms with van der Waals surface area (Å²) in [5.41, 5.74) is 1.58. The zero-order valence-corrected chi connectivity index (χ0v) is 16.3. The lowest BCUT2D eigenvalue weighted by atomic mass is 9.78. The van der Waals surface area contributed by atoms with Gasteiger partial charge in [0.1, 0.15) is 0 Å². The van der Waals surface area contributed by atoms with E-state index in [1.807, 2.05) is 0 Å². The maximum absolute atomic E-state index is 14.6. The molecule has 7 heteroatoms. The van der Waals surface area contributed by atoms with Gasteiger partial charge in [0.05, 0.1) is 10.9 Å². The van der Waals surface area contributed by atoms with Crippen LogP contribution in [0, 0.1) is 30.4 Å².